The second-order valence-corrected chi connectivity index (χ2v) is 8.06. The van der Waals surface area contributed by atoms with Crippen LogP contribution < -0.4 is 10.5 Å². The number of rotatable bonds is 6. The van der Waals surface area contributed by atoms with E-state index in [9.17, 15) is 0 Å². The first-order valence-corrected chi connectivity index (χ1v) is 10.7. The van der Waals surface area contributed by atoms with Crippen LogP contribution >= 0.6 is 11.6 Å². The molecular weight excluding hydrogens is 440 g/mol. The van der Waals surface area contributed by atoms with Crippen LogP contribution in [0.2, 0.25) is 5.02 Å². The number of aryl methyl sites for hydroxylation is 2. The van der Waals surface area contributed by atoms with Gasteiger partial charge in [0, 0.05) is 50.1 Å². The number of fused-ring (bicyclic) bond motifs is 1. The lowest BCUT2D eigenvalue weighted by Gasteiger charge is -2.13. The van der Waals surface area contributed by atoms with Gasteiger partial charge in [-0.05, 0) is 24.3 Å². The van der Waals surface area contributed by atoms with E-state index in [4.69, 9.17) is 27.1 Å². The molecule has 2 N–H and O–H groups in total. The minimum Gasteiger partial charge on any atom is -0.475 e. The lowest BCUT2D eigenvalue weighted by Crippen LogP contribution is -2.08. The van der Waals surface area contributed by atoms with Gasteiger partial charge in [-0.1, -0.05) is 17.7 Å². The summed E-state index contributed by atoms with van der Waals surface area (Å²) in [7, 11) is 3.77. The van der Waals surface area contributed by atoms with Gasteiger partial charge in [0.15, 0.2) is 5.82 Å². The molecule has 0 aliphatic carbocycles. The van der Waals surface area contributed by atoms with E-state index in [0.717, 1.165) is 22.2 Å². The SMILES string of the molecule is Cn1cnc(CCOc2nc(-c3cc(Cl)c4ncccc4c3)c(-c3ccn(C)n3)nc2N)c1. The summed E-state index contributed by atoms with van der Waals surface area (Å²) in [5, 5.41) is 5.90. The van der Waals surface area contributed by atoms with E-state index in [1.54, 1.807) is 17.2 Å². The number of nitrogen functional groups attached to an aromatic ring is 1. The Labute approximate surface area is 194 Å². The molecule has 0 aliphatic heterocycles. The van der Waals surface area contributed by atoms with E-state index in [1.165, 1.54) is 0 Å². The van der Waals surface area contributed by atoms with Gasteiger partial charge in [0.2, 0.25) is 0 Å². The zero-order chi connectivity index (χ0) is 22.9. The Morgan fingerprint density at radius 1 is 1.09 bits per heavy atom. The summed E-state index contributed by atoms with van der Waals surface area (Å²) in [6.07, 6.45) is 7.86. The van der Waals surface area contributed by atoms with Crippen LogP contribution in [0.3, 0.4) is 0 Å². The number of imidazole rings is 1. The molecule has 166 valence electrons. The molecule has 0 saturated carbocycles. The minimum atomic E-state index is 0.189. The maximum absolute atomic E-state index is 6.54. The van der Waals surface area contributed by atoms with Crippen LogP contribution in [0.5, 0.6) is 5.88 Å². The largest absolute Gasteiger partial charge is 0.475 e. The molecule has 33 heavy (non-hydrogen) atoms. The van der Waals surface area contributed by atoms with Gasteiger partial charge in [-0.25, -0.2) is 15.0 Å². The van der Waals surface area contributed by atoms with Crippen molar-refractivity contribution in [3.63, 3.8) is 0 Å². The van der Waals surface area contributed by atoms with Gasteiger partial charge in [0.25, 0.3) is 5.88 Å². The molecule has 0 saturated heterocycles. The number of halogens is 1. The highest BCUT2D eigenvalue weighted by Gasteiger charge is 2.19. The topological polar surface area (TPSA) is 110 Å². The molecular formula is C23H21ClN8O. The third-order valence-electron chi connectivity index (χ3n) is 5.13. The molecule has 4 heterocycles. The van der Waals surface area contributed by atoms with E-state index in [0.29, 0.717) is 35.1 Å². The molecule has 0 atom stereocenters. The Hall–Kier alpha value is -3.98. The van der Waals surface area contributed by atoms with Crippen molar-refractivity contribution in [1.82, 2.24) is 34.3 Å². The maximum atomic E-state index is 6.54. The van der Waals surface area contributed by atoms with E-state index in [-0.39, 0.29) is 11.7 Å². The zero-order valence-corrected chi connectivity index (χ0v) is 18.9. The highest BCUT2D eigenvalue weighted by Crippen LogP contribution is 2.35. The number of pyridine rings is 1. The second-order valence-electron chi connectivity index (χ2n) is 7.65. The molecule has 10 heteroatoms. The molecule has 9 nitrogen and oxygen atoms in total. The number of hydrogen-bond donors (Lipinski definition) is 1. The fourth-order valence-electron chi connectivity index (χ4n) is 3.59. The summed E-state index contributed by atoms with van der Waals surface area (Å²) in [5.41, 5.74) is 10.4. The average Bonchev–Trinajstić information content (AvgIpc) is 3.42. The fraction of sp³-hybridized carbons (Fsp3) is 0.174. The molecule has 0 bridgehead atoms. The van der Waals surface area contributed by atoms with Crippen molar-refractivity contribution in [2.45, 2.75) is 6.42 Å². The van der Waals surface area contributed by atoms with Crippen molar-refractivity contribution < 1.29 is 4.74 Å². The monoisotopic (exact) mass is 460 g/mol. The first kappa shape index (κ1) is 20.9. The van der Waals surface area contributed by atoms with Gasteiger partial charge in [0.05, 0.1) is 29.2 Å². The predicted molar refractivity (Wildman–Crippen MR) is 127 cm³/mol. The number of nitrogens with zero attached hydrogens (tertiary/aromatic N) is 7. The normalized spacial score (nSPS) is 11.2. The van der Waals surface area contributed by atoms with Crippen molar-refractivity contribution in [2.24, 2.45) is 14.1 Å². The van der Waals surface area contributed by atoms with Crippen molar-refractivity contribution >= 4 is 28.3 Å². The van der Waals surface area contributed by atoms with E-state index in [1.807, 2.05) is 61.4 Å². The fourth-order valence-corrected chi connectivity index (χ4v) is 3.87. The summed E-state index contributed by atoms with van der Waals surface area (Å²) in [4.78, 5) is 18.0. The quantitative estimate of drug-likeness (QED) is 0.411. The van der Waals surface area contributed by atoms with Crippen LogP contribution in [0.15, 0.2) is 55.2 Å². The summed E-state index contributed by atoms with van der Waals surface area (Å²) in [6.45, 7) is 0.362. The number of ether oxygens (including phenoxy) is 1. The molecule has 5 aromatic rings. The highest BCUT2D eigenvalue weighted by molar-refractivity contribution is 6.35. The van der Waals surface area contributed by atoms with Crippen molar-refractivity contribution in [3.05, 3.63) is 66.0 Å². The van der Waals surface area contributed by atoms with Gasteiger partial charge < -0.3 is 15.0 Å². The van der Waals surface area contributed by atoms with Gasteiger partial charge in [-0.2, -0.15) is 5.10 Å². The Balaban J connectivity index is 1.57. The third-order valence-corrected chi connectivity index (χ3v) is 5.42. The van der Waals surface area contributed by atoms with Crippen LogP contribution in [0, 0.1) is 0 Å². The molecule has 0 radical (unpaired) electrons. The minimum absolute atomic E-state index is 0.189. The van der Waals surface area contributed by atoms with Crippen molar-refractivity contribution in [2.75, 3.05) is 12.3 Å². The van der Waals surface area contributed by atoms with E-state index >= 15 is 0 Å². The molecule has 0 amide bonds. The highest BCUT2D eigenvalue weighted by atomic mass is 35.5. The maximum Gasteiger partial charge on any atom is 0.257 e. The van der Waals surface area contributed by atoms with Gasteiger partial charge >= 0.3 is 0 Å². The Bertz CT molecular complexity index is 1460. The van der Waals surface area contributed by atoms with E-state index < -0.39 is 0 Å². The lowest BCUT2D eigenvalue weighted by atomic mass is 10.0. The van der Waals surface area contributed by atoms with Gasteiger partial charge in [-0.15, -0.1) is 0 Å². The molecule has 0 fully saturated rings. The number of anilines is 1. The first-order valence-electron chi connectivity index (χ1n) is 10.3. The molecule has 5 rings (SSSR count). The zero-order valence-electron chi connectivity index (χ0n) is 18.1. The van der Waals surface area contributed by atoms with E-state index in [2.05, 4.69) is 20.1 Å². The summed E-state index contributed by atoms with van der Waals surface area (Å²) >= 11 is 6.54. The Morgan fingerprint density at radius 3 is 2.73 bits per heavy atom. The number of benzene rings is 1. The van der Waals surface area contributed by atoms with Crippen molar-refractivity contribution in [3.8, 4) is 28.5 Å². The molecule has 0 unspecified atom stereocenters. The number of aromatic nitrogens is 7. The standard InChI is InChI=1S/C23H21ClN8O/c1-31-12-16(27-13-31)6-9-33-23-22(25)28-21(18-5-8-32(2)30-18)20(29-23)15-10-14-4-3-7-26-19(14)17(24)11-15/h3-5,7-8,10-13H,6,9H2,1-2H3,(H2,25,28). The van der Waals surface area contributed by atoms with Crippen LogP contribution in [0.4, 0.5) is 5.82 Å². The van der Waals surface area contributed by atoms with Crippen LogP contribution in [-0.2, 0) is 20.5 Å². The van der Waals surface area contributed by atoms with Gasteiger partial charge in [-0.3, -0.25) is 9.67 Å². The number of nitrogens with two attached hydrogens (primary N) is 1. The van der Waals surface area contributed by atoms with Crippen LogP contribution in [-0.4, -0.2) is 40.9 Å². The second kappa shape index (κ2) is 8.51. The molecule has 0 spiro atoms. The lowest BCUT2D eigenvalue weighted by molar-refractivity contribution is 0.309. The van der Waals surface area contributed by atoms with Crippen LogP contribution in [0.25, 0.3) is 33.5 Å². The molecule has 4 aromatic heterocycles. The average molecular weight is 461 g/mol. The molecule has 1 aromatic carbocycles. The molecule has 0 aliphatic rings. The summed E-state index contributed by atoms with van der Waals surface area (Å²) in [5.74, 6) is 0.442. The first-order chi connectivity index (χ1) is 16.0. The van der Waals surface area contributed by atoms with Crippen LogP contribution in [0.1, 0.15) is 5.69 Å². The van der Waals surface area contributed by atoms with Crippen molar-refractivity contribution in [1.29, 1.82) is 0 Å². The summed E-state index contributed by atoms with van der Waals surface area (Å²) in [6, 6.07) is 9.47. The smallest absolute Gasteiger partial charge is 0.257 e. The third kappa shape index (κ3) is 4.22. The number of hydrogen-bond acceptors (Lipinski definition) is 7. The Morgan fingerprint density at radius 2 is 1.97 bits per heavy atom. The Kier molecular flexibility index (Phi) is 5.39. The summed E-state index contributed by atoms with van der Waals surface area (Å²) < 4.78 is 9.50. The van der Waals surface area contributed by atoms with Gasteiger partial charge in [0.1, 0.15) is 17.1 Å². The predicted octanol–water partition coefficient (Wildman–Crippen LogP) is 3.68.